The van der Waals surface area contributed by atoms with Gasteiger partial charge in [-0.3, -0.25) is 9.10 Å². The first-order valence-corrected chi connectivity index (χ1v) is 12.5. The van der Waals surface area contributed by atoms with E-state index in [4.69, 9.17) is 16.3 Å². The number of nitrogens with zero attached hydrogens (tertiary/aromatic N) is 1. The molecular weight excluding hydrogens is 476 g/mol. The highest BCUT2D eigenvalue weighted by atomic mass is 35.5. The van der Waals surface area contributed by atoms with Gasteiger partial charge in [-0.15, -0.1) is 0 Å². The van der Waals surface area contributed by atoms with Crippen molar-refractivity contribution in [2.24, 2.45) is 0 Å². The third-order valence-corrected chi connectivity index (χ3v) is 7.89. The maximum Gasteiger partial charge on any atom is 0.338 e. The summed E-state index contributed by atoms with van der Waals surface area (Å²) in [4.78, 5) is 24.6. The number of fused-ring (bicyclic) bond motifs is 1. The Hall–Kier alpha value is -3.36. The van der Waals surface area contributed by atoms with E-state index in [0.29, 0.717) is 12.1 Å². The van der Waals surface area contributed by atoms with Gasteiger partial charge in [0, 0.05) is 6.54 Å². The molecule has 0 spiro atoms. The monoisotopic (exact) mass is 498 g/mol. The normalized spacial score (nSPS) is 13.8. The number of carbonyl (C=O) groups excluding carboxylic acids is 2. The highest BCUT2D eigenvalue weighted by Gasteiger charge is 2.32. The van der Waals surface area contributed by atoms with Crippen LogP contribution < -0.4 is 9.62 Å². The SMILES string of the molecule is CC(NC(=O)COC(=O)c1ccc(Cl)c(S(=O)(=O)N2CCc3ccccc32)c1)c1ccccc1. The lowest BCUT2D eigenvalue weighted by Crippen LogP contribution is -2.31. The summed E-state index contributed by atoms with van der Waals surface area (Å²) in [6, 6.07) is 20.2. The molecule has 1 aliphatic heterocycles. The van der Waals surface area contributed by atoms with Crippen molar-refractivity contribution in [3.05, 3.63) is 94.5 Å². The number of nitrogens with one attached hydrogen (secondary N) is 1. The molecule has 0 radical (unpaired) electrons. The van der Waals surface area contributed by atoms with Crippen LogP contribution >= 0.6 is 11.6 Å². The second-order valence-electron chi connectivity index (χ2n) is 7.88. The van der Waals surface area contributed by atoms with Crippen molar-refractivity contribution in [1.29, 1.82) is 0 Å². The summed E-state index contributed by atoms with van der Waals surface area (Å²) in [7, 11) is -4.00. The largest absolute Gasteiger partial charge is 0.452 e. The summed E-state index contributed by atoms with van der Waals surface area (Å²) >= 11 is 6.21. The van der Waals surface area contributed by atoms with Crippen LogP contribution in [0.25, 0.3) is 0 Å². The Morgan fingerprint density at radius 2 is 1.76 bits per heavy atom. The van der Waals surface area contributed by atoms with Gasteiger partial charge in [-0.2, -0.15) is 0 Å². The zero-order chi connectivity index (χ0) is 24.3. The van der Waals surface area contributed by atoms with Gasteiger partial charge < -0.3 is 10.1 Å². The molecule has 3 aromatic rings. The average molecular weight is 499 g/mol. The summed E-state index contributed by atoms with van der Waals surface area (Å²) < 4.78 is 33.1. The zero-order valence-electron chi connectivity index (χ0n) is 18.4. The average Bonchev–Trinajstić information content (AvgIpc) is 3.28. The molecule has 0 aromatic heterocycles. The predicted octanol–water partition coefficient (Wildman–Crippen LogP) is 4.13. The minimum absolute atomic E-state index is 0.00430. The van der Waals surface area contributed by atoms with Crippen LogP contribution in [0.15, 0.2) is 77.7 Å². The lowest BCUT2D eigenvalue weighted by molar-refractivity contribution is -0.124. The molecule has 4 rings (SSSR count). The molecule has 7 nitrogen and oxygen atoms in total. The molecule has 1 atom stereocenters. The van der Waals surface area contributed by atoms with Crippen LogP contribution in [0.5, 0.6) is 0 Å². The third kappa shape index (κ3) is 4.93. The molecule has 1 unspecified atom stereocenters. The van der Waals surface area contributed by atoms with Crippen molar-refractivity contribution < 1.29 is 22.7 Å². The lowest BCUT2D eigenvalue weighted by Gasteiger charge is -2.20. The maximum absolute atomic E-state index is 13.3. The number of sulfonamides is 1. The van der Waals surface area contributed by atoms with Crippen molar-refractivity contribution in [3.8, 4) is 0 Å². The van der Waals surface area contributed by atoms with E-state index in [0.717, 1.165) is 11.1 Å². The molecule has 34 heavy (non-hydrogen) atoms. The van der Waals surface area contributed by atoms with Gasteiger partial charge in [0.1, 0.15) is 4.90 Å². The molecule has 0 saturated heterocycles. The molecule has 176 valence electrons. The fourth-order valence-electron chi connectivity index (χ4n) is 3.83. The van der Waals surface area contributed by atoms with E-state index in [2.05, 4.69) is 5.32 Å². The fraction of sp³-hybridized carbons (Fsp3) is 0.200. The van der Waals surface area contributed by atoms with Crippen molar-refractivity contribution in [2.75, 3.05) is 17.5 Å². The van der Waals surface area contributed by atoms with Crippen LogP contribution in [0.1, 0.15) is 34.5 Å². The van der Waals surface area contributed by atoms with Crippen molar-refractivity contribution >= 4 is 39.2 Å². The number of amides is 1. The Balaban J connectivity index is 1.45. The van der Waals surface area contributed by atoms with Gasteiger partial charge in [0.15, 0.2) is 6.61 Å². The molecule has 0 bridgehead atoms. The molecule has 3 aromatic carbocycles. The van der Waals surface area contributed by atoms with Gasteiger partial charge in [0.05, 0.1) is 22.3 Å². The number of hydrogen-bond acceptors (Lipinski definition) is 5. The van der Waals surface area contributed by atoms with Crippen molar-refractivity contribution in [2.45, 2.75) is 24.3 Å². The number of halogens is 1. The summed E-state index contributed by atoms with van der Waals surface area (Å²) in [5.41, 5.74) is 2.42. The smallest absolute Gasteiger partial charge is 0.338 e. The molecule has 0 saturated carbocycles. The Labute approximate surface area is 203 Å². The number of hydrogen-bond donors (Lipinski definition) is 1. The second-order valence-corrected chi connectivity index (χ2v) is 10.1. The zero-order valence-corrected chi connectivity index (χ0v) is 20.0. The molecule has 1 N–H and O–H groups in total. The number of benzene rings is 3. The predicted molar refractivity (Wildman–Crippen MR) is 129 cm³/mol. The van der Waals surface area contributed by atoms with Crippen LogP contribution in [0.3, 0.4) is 0 Å². The standard InChI is InChI=1S/C25H23ClN2O5S/c1-17(18-7-3-2-4-8-18)27-24(29)16-33-25(30)20-11-12-21(26)23(15-20)34(31,32)28-14-13-19-9-5-6-10-22(19)28/h2-12,15,17H,13-14,16H2,1H3,(H,27,29). The van der Waals surface area contributed by atoms with E-state index in [1.54, 1.807) is 12.1 Å². The van der Waals surface area contributed by atoms with Crippen LogP contribution in [0.4, 0.5) is 5.69 Å². The van der Waals surface area contributed by atoms with E-state index < -0.39 is 28.5 Å². The molecule has 0 fully saturated rings. The highest BCUT2D eigenvalue weighted by molar-refractivity contribution is 7.93. The number of carbonyl (C=O) groups is 2. The van der Waals surface area contributed by atoms with Gasteiger partial charge in [-0.1, -0.05) is 60.1 Å². The van der Waals surface area contributed by atoms with Crippen LogP contribution in [0.2, 0.25) is 5.02 Å². The third-order valence-electron chi connectivity index (χ3n) is 5.59. The molecule has 0 aliphatic carbocycles. The van der Waals surface area contributed by atoms with Crippen molar-refractivity contribution in [1.82, 2.24) is 5.32 Å². The Morgan fingerprint density at radius 3 is 2.53 bits per heavy atom. The van der Waals surface area contributed by atoms with E-state index in [1.807, 2.05) is 49.4 Å². The summed E-state index contributed by atoms with van der Waals surface area (Å²) in [6.07, 6.45) is 0.589. The van der Waals surface area contributed by atoms with Gasteiger partial charge in [-0.25, -0.2) is 13.2 Å². The van der Waals surface area contributed by atoms with E-state index in [1.165, 1.54) is 22.5 Å². The summed E-state index contributed by atoms with van der Waals surface area (Å²) in [5, 5.41) is 2.75. The number of anilines is 1. The highest BCUT2D eigenvalue weighted by Crippen LogP contribution is 2.35. The van der Waals surface area contributed by atoms with Gasteiger partial charge in [-0.05, 0) is 48.7 Å². The Bertz CT molecular complexity index is 1330. The first-order valence-electron chi connectivity index (χ1n) is 10.7. The number of rotatable bonds is 7. The maximum atomic E-state index is 13.3. The van der Waals surface area contributed by atoms with Crippen LogP contribution in [0, 0.1) is 0 Å². The fourth-order valence-corrected chi connectivity index (χ4v) is 5.83. The molecule has 1 aliphatic rings. The number of esters is 1. The second kappa shape index (κ2) is 9.87. The quantitative estimate of drug-likeness (QED) is 0.494. The molecular formula is C25H23ClN2O5S. The van der Waals surface area contributed by atoms with E-state index in [9.17, 15) is 18.0 Å². The number of ether oxygens (including phenoxy) is 1. The molecule has 1 amide bonds. The topological polar surface area (TPSA) is 92.8 Å². The first-order chi connectivity index (χ1) is 16.3. The summed E-state index contributed by atoms with van der Waals surface area (Å²) in [5.74, 6) is -1.29. The van der Waals surface area contributed by atoms with Crippen molar-refractivity contribution in [3.63, 3.8) is 0 Å². The van der Waals surface area contributed by atoms with Gasteiger partial charge in [0.25, 0.3) is 15.9 Å². The van der Waals surface area contributed by atoms with Crippen LogP contribution in [-0.4, -0.2) is 33.4 Å². The van der Waals surface area contributed by atoms with Gasteiger partial charge >= 0.3 is 5.97 Å². The van der Waals surface area contributed by atoms with E-state index in [-0.39, 0.29) is 28.1 Å². The number of para-hydroxylation sites is 1. The minimum Gasteiger partial charge on any atom is -0.452 e. The molecule has 9 heteroatoms. The lowest BCUT2D eigenvalue weighted by atomic mass is 10.1. The van der Waals surface area contributed by atoms with E-state index >= 15 is 0 Å². The Kier molecular flexibility index (Phi) is 6.90. The minimum atomic E-state index is -4.00. The Morgan fingerprint density at radius 1 is 1.06 bits per heavy atom. The first kappa shape index (κ1) is 23.8. The van der Waals surface area contributed by atoms with Gasteiger partial charge in [0.2, 0.25) is 0 Å². The molecule has 1 heterocycles. The van der Waals surface area contributed by atoms with Crippen LogP contribution in [-0.2, 0) is 26.0 Å². The summed E-state index contributed by atoms with van der Waals surface area (Å²) in [6.45, 7) is 1.61.